The number of aliphatic carboxylic acids is 1. The van der Waals surface area contributed by atoms with Gasteiger partial charge >= 0.3 is 5.97 Å². The Balaban J connectivity index is 1.97. The lowest BCUT2D eigenvalue weighted by Gasteiger charge is -2.36. The number of carbonyl (C=O) groups excluding carboxylic acids is 1. The van der Waals surface area contributed by atoms with Crippen LogP contribution in [0.5, 0.6) is 0 Å². The van der Waals surface area contributed by atoms with Gasteiger partial charge in [-0.15, -0.1) is 0 Å². The molecule has 0 spiro atoms. The van der Waals surface area contributed by atoms with Crippen molar-refractivity contribution in [3.63, 3.8) is 0 Å². The van der Waals surface area contributed by atoms with Crippen LogP contribution in [0.1, 0.15) is 67.5 Å². The Bertz CT molecular complexity index is 839. The first-order chi connectivity index (χ1) is 14.0. The molecule has 1 aromatic rings. The molecule has 2 heterocycles. The normalized spacial score (nSPS) is 19.0. The van der Waals surface area contributed by atoms with Gasteiger partial charge in [-0.3, -0.25) is 4.79 Å². The number of carbonyl (C=O) groups is 2. The number of carboxylic acids is 1. The van der Waals surface area contributed by atoms with Gasteiger partial charge in [0.05, 0.1) is 12.0 Å². The quantitative estimate of drug-likeness (QED) is 0.580. The maximum Gasteiger partial charge on any atom is 0.337 e. The minimum Gasteiger partial charge on any atom is -0.479 e. The topological polar surface area (TPSA) is 76.1 Å². The lowest BCUT2D eigenvalue weighted by atomic mass is 9.85. The van der Waals surface area contributed by atoms with Crippen molar-refractivity contribution in [2.45, 2.75) is 72.1 Å². The maximum atomic E-state index is 13.0. The first-order valence-electron chi connectivity index (χ1n) is 10.6. The minimum absolute atomic E-state index is 0.118. The molecule has 1 atom stereocenters. The van der Waals surface area contributed by atoms with Gasteiger partial charge in [0.25, 0.3) is 0 Å². The van der Waals surface area contributed by atoms with Crippen LogP contribution in [0.25, 0.3) is 0 Å². The molecule has 2 aliphatic rings. The fourth-order valence-corrected chi connectivity index (χ4v) is 5.43. The fourth-order valence-electron chi connectivity index (χ4n) is 4.41. The van der Waals surface area contributed by atoms with E-state index >= 15 is 0 Å². The Morgan fingerprint density at radius 2 is 1.87 bits per heavy atom. The van der Waals surface area contributed by atoms with Gasteiger partial charge in [-0.2, -0.15) is 0 Å². The highest BCUT2D eigenvalue weighted by molar-refractivity contribution is 14.1. The van der Waals surface area contributed by atoms with E-state index in [1.165, 1.54) is 0 Å². The maximum absolute atomic E-state index is 13.0. The Labute approximate surface area is 192 Å². The summed E-state index contributed by atoms with van der Waals surface area (Å²) >= 11 is 2.24. The number of fused-ring (bicyclic) bond motifs is 1. The van der Waals surface area contributed by atoms with E-state index in [-0.39, 0.29) is 5.91 Å². The molecule has 3 rings (SSSR count). The van der Waals surface area contributed by atoms with E-state index in [0.717, 1.165) is 58.4 Å². The zero-order valence-electron chi connectivity index (χ0n) is 18.5. The van der Waals surface area contributed by atoms with E-state index in [2.05, 4.69) is 22.6 Å². The molecule has 1 N–H and O–H groups in total. The second-order valence-electron chi connectivity index (χ2n) is 9.39. The summed E-state index contributed by atoms with van der Waals surface area (Å²) in [6, 6.07) is 0. The first kappa shape index (κ1) is 23.5. The summed E-state index contributed by atoms with van der Waals surface area (Å²) in [7, 11) is 0. The summed E-state index contributed by atoms with van der Waals surface area (Å²) in [6.07, 6.45) is 1.25. The van der Waals surface area contributed by atoms with Crippen LogP contribution in [-0.4, -0.2) is 47.2 Å². The predicted molar refractivity (Wildman–Crippen MR) is 123 cm³/mol. The van der Waals surface area contributed by atoms with E-state index in [1.54, 1.807) is 0 Å². The van der Waals surface area contributed by atoms with Crippen LogP contribution in [-0.2, 0) is 32.0 Å². The summed E-state index contributed by atoms with van der Waals surface area (Å²) in [5, 5.41) is 9.90. The zero-order chi connectivity index (χ0) is 22.2. The number of hydrogen-bond donors (Lipinski definition) is 1. The van der Waals surface area contributed by atoms with Crippen molar-refractivity contribution in [3.8, 4) is 0 Å². The molecule has 0 unspecified atom stereocenters. The standard InChI is InChI=1S/C23H32INO5/c1-13-16-10-18(26)25(11-15-6-8-29-9-7-15)12-17(16)14(2)20(24)19(13)21(22(27)28)30-23(3,4)5/h15,21H,6-12H2,1-5H3,(H,27,28)/t21-/m0/s1. The highest BCUT2D eigenvalue weighted by Crippen LogP contribution is 2.38. The average molecular weight is 529 g/mol. The van der Waals surface area contributed by atoms with Crippen molar-refractivity contribution >= 4 is 34.5 Å². The third kappa shape index (κ3) is 4.99. The van der Waals surface area contributed by atoms with Crippen molar-refractivity contribution in [2.24, 2.45) is 5.92 Å². The van der Waals surface area contributed by atoms with Gasteiger partial charge < -0.3 is 19.5 Å². The van der Waals surface area contributed by atoms with Gasteiger partial charge in [0.1, 0.15) is 0 Å². The molecular weight excluding hydrogens is 497 g/mol. The molecule has 0 bridgehead atoms. The summed E-state index contributed by atoms with van der Waals surface area (Å²) in [5.41, 5.74) is 4.14. The number of hydrogen-bond acceptors (Lipinski definition) is 4. The Kier molecular flexibility index (Phi) is 7.14. The van der Waals surface area contributed by atoms with Crippen LogP contribution in [0.15, 0.2) is 0 Å². The number of carboxylic acid groups (broad SMARTS) is 1. The van der Waals surface area contributed by atoms with Crippen LogP contribution in [0.3, 0.4) is 0 Å². The minimum atomic E-state index is -1.06. The van der Waals surface area contributed by atoms with Crippen LogP contribution < -0.4 is 0 Å². The smallest absolute Gasteiger partial charge is 0.337 e. The Morgan fingerprint density at radius 1 is 1.23 bits per heavy atom. The molecule has 0 aromatic heterocycles. The largest absolute Gasteiger partial charge is 0.479 e. The second kappa shape index (κ2) is 9.12. The molecule has 2 aliphatic heterocycles. The van der Waals surface area contributed by atoms with Gasteiger partial charge in [0.15, 0.2) is 6.10 Å². The molecule has 0 radical (unpaired) electrons. The third-order valence-electron chi connectivity index (χ3n) is 6.05. The summed E-state index contributed by atoms with van der Waals surface area (Å²) in [6.45, 7) is 12.4. The molecule has 1 fully saturated rings. The van der Waals surface area contributed by atoms with Crippen LogP contribution in [0, 0.1) is 23.3 Å². The number of rotatable bonds is 5. The van der Waals surface area contributed by atoms with Crippen molar-refractivity contribution in [3.05, 3.63) is 31.4 Å². The number of ether oxygens (including phenoxy) is 2. The molecule has 0 saturated carbocycles. The summed E-state index contributed by atoms with van der Waals surface area (Å²) < 4.78 is 12.3. The molecule has 1 amide bonds. The Hall–Kier alpha value is -1.19. The molecular formula is C23H32INO5. The average Bonchev–Trinajstić information content (AvgIpc) is 2.66. The lowest BCUT2D eigenvalue weighted by Crippen LogP contribution is -2.41. The van der Waals surface area contributed by atoms with Gasteiger partial charge in [0, 0.05) is 35.4 Å². The number of benzene rings is 1. The number of amides is 1. The zero-order valence-corrected chi connectivity index (χ0v) is 20.7. The summed E-state index contributed by atoms with van der Waals surface area (Å²) in [5.74, 6) is -0.401. The Morgan fingerprint density at radius 3 is 2.43 bits per heavy atom. The van der Waals surface area contributed by atoms with E-state index in [0.29, 0.717) is 24.4 Å². The number of halogens is 1. The van der Waals surface area contributed by atoms with Gasteiger partial charge in [-0.05, 0) is 98.2 Å². The van der Waals surface area contributed by atoms with Crippen molar-refractivity contribution < 1.29 is 24.2 Å². The highest BCUT2D eigenvalue weighted by atomic mass is 127. The predicted octanol–water partition coefficient (Wildman–Crippen LogP) is 4.16. The monoisotopic (exact) mass is 529 g/mol. The van der Waals surface area contributed by atoms with E-state index in [1.807, 2.05) is 39.5 Å². The van der Waals surface area contributed by atoms with Gasteiger partial charge in [0.2, 0.25) is 5.91 Å². The SMILES string of the molecule is Cc1c(I)c([C@H](OC(C)(C)C)C(=O)O)c(C)c2c1CN(CC1CCOCC1)C(=O)C2. The molecule has 7 heteroatoms. The second-order valence-corrected chi connectivity index (χ2v) is 10.5. The molecule has 166 valence electrons. The first-order valence-corrected chi connectivity index (χ1v) is 11.6. The van der Waals surface area contributed by atoms with E-state index in [4.69, 9.17) is 9.47 Å². The molecule has 0 aliphatic carbocycles. The van der Waals surface area contributed by atoms with E-state index in [9.17, 15) is 14.7 Å². The van der Waals surface area contributed by atoms with Crippen molar-refractivity contribution in [1.82, 2.24) is 4.90 Å². The van der Waals surface area contributed by atoms with Crippen LogP contribution >= 0.6 is 22.6 Å². The summed E-state index contributed by atoms with van der Waals surface area (Å²) in [4.78, 5) is 27.0. The molecule has 6 nitrogen and oxygen atoms in total. The van der Waals surface area contributed by atoms with E-state index < -0.39 is 17.7 Å². The van der Waals surface area contributed by atoms with Gasteiger partial charge in [-0.1, -0.05) is 0 Å². The van der Waals surface area contributed by atoms with Crippen LogP contribution in [0.4, 0.5) is 0 Å². The number of nitrogens with zero attached hydrogens (tertiary/aromatic N) is 1. The third-order valence-corrected chi connectivity index (χ3v) is 7.44. The molecule has 1 saturated heterocycles. The highest BCUT2D eigenvalue weighted by Gasteiger charge is 2.35. The van der Waals surface area contributed by atoms with Gasteiger partial charge in [-0.25, -0.2) is 4.79 Å². The van der Waals surface area contributed by atoms with Crippen molar-refractivity contribution in [2.75, 3.05) is 19.8 Å². The molecule has 1 aromatic carbocycles. The fraction of sp³-hybridized carbons (Fsp3) is 0.652. The van der Waals surface area contributed by atoms with Crippen molar-refractivity contribution in [1.29, 1.82) is 0 Å². The molecule has 30 heavy (non-hydrogen) atoms. The van der Waals surface area contributed by atoms with Crippen LogP contribution in [0.2, 0.25) is 0 Å². The lowest BCUT2D eigenvalue weighted by molar-refractivity contribution is -0.160.